The van der Waals surface area contributed by atoms with Crippen LogP contribution in [0.5, 0.6) is 5.75 Å². The molecule has 4 heteroatoms. The summed E-state index contributed by atoms with van der Waals surface area (Å²) in [5.41, 5.74) is 0.776. The lowest BCUT2D eigenvalue weighted by atomic mass is 10.1. The zero-order valence-electron chi connectivity index (χ0n) is 9.63. The Bertz CT molecular complexity index is 493. The van der Waals surface area contributed by atoms with Gasteiger partial charge in [0.25, 0.3) is 0 Å². The lowest BCUT2D eigenvalue weighted by Gasteiger charge is -2.02. The van der Waals surface area contributed by atoms with E-state index in [0.29, 0.717) is 18.1 Å². The van der Waals surface area contributed by atoms with Crippen molar-refractivity contribution in [2.45, 2.75) is 19.3 Å². The summed E-state index contributed by atoms with van der Waals surface area (Å²) >= 11 is 0. The first-order chi connectivity index (χ1) is 8.20. The Morgan fingerprint density at radius 2 is 2.12 bits per heavy atom. The molecule has 0 saturated carbocycles. The van der Waals surface area contributed by atoms with Gasteiger partial charge in [0.2, 0.25) is 0 Å². The van der Waals surface area contributed by atoms with Gasteiger partial charge < -0.3 is 14.6 Å². The Morgan fingerprint density at radius 1 is 1.35 bits per heavy atom. The van der Waals surface area contributed by atoms with Crippen molar-refractivity contribution in [2.24, 2.45) is 0 Å². The van der Waals surface area contributed by atoms with E-state index in [1.807, 2.05) is 19.1 Å². The van der Waals surface area contributed by atoms with Crippen LogP contribution in [0, 0.1) is 0 Å². The van der Waals surface area contributed by atoms with Crippen LogP contribution in [0.4, 0.5) is 0 Å². The Morgan fingerprint density at radius 3 is 2.82 bits per heavy atom. The number of oxazole rings is 1. The Labute approximate surface area is 99.6 Å². The van der Waals surface area contributed by atoms with Crippen LogP contribution in [0.2, 0.25) is 0 Å². The Kier molecular flexibility index (Phi) is 3.44. The highest BCUT2D eigenvalue weighted by atomic mass is 16.4. The molecule has 90 valence electrons. The number of aliphatic hydroxyl groups is 1. The van der Waals surface area contributed by atoms with Crippen molar-refractivity contribution in [1.29, 1.82) is 0 Å². The minimum Gasteiger partial charge on any atom is -0.508 e. The number of phenolic OH excluding ortho intramolecular Hbond substituents is 1. The van der Waals surface area contributed by atoms with E-state index in [9.17, 15) is 5.11 Å². The molecule has 0 saturated heterocycles. The molecule has 2 rings (SSSR count). The molecule has 1 unspecified atom stereocenters. The topological polar surface area (TPSA) is 66.5 Å². The van der Waals surface area contributed by atoms with E-state index >= 15 is 0 Å². The predicted octanol–water partition coefficient (Wildman–Crippen LogP) is 2.07. The van der Waals surface area contributed by atoms with Crippen molar-refractivity contribution in [3.63, 3.8) is 0 Å². The van der Waals surface area contributed by atoms with E-state index in [1.54, 1.807) is 18.3 Å². The van der Waals surface area contributed by atoms with Crippen molar-refractivity contribution in [2.75, 3.05) is 6.61 Å². The highest BCUT2D eigenvalue weighted by molar-refractivity contribution is 5.33. The van der Waals surface area contributed by atoms with Crippen molar-refractivity contribution in [3.05, 3.63) is 47.7 Å². The summed E-state index contributed by atoms with van der Waals surface area (Å²) < 4.78 is 5.51. The summed E-state index contributed by atoms with van der Waals surface area (Å²) in [6, 6.07) is 7.09. The fourth-order valence-electron chi connectivity index (χ4n) is 1.55. The Hall–Kier alpha value is -1.81. The van der Waals surface area contributed by atoms with Gasteiger partial charge in [-0.1, -0.05) is 25.1 Å². The van der Waals surface area contributed by atoms with Crippen LogP contribution >= 0.6 is 0 Å². The van der Waals surface area contributed by atoms with Gasteiger partial charge in [0.15, 0.2) is 5.89 Å². The number of para-hydroxylation sites is 1. The molecule has 1 heterocycles. The first-order valence-corrected chi connectivity index (χ1v) is 5.53. The van der Waals surface area contributed by atoms with Crippen molar-refractivity contribution in [1.82, 2.24) is 4.98 Å². The van der Waals surface area contributed by atoms with Gasteiger partial charge in [0.1, 0.15) is 11.5 Å². The van der Waals surface area contributed by atoms with Gasteiger partial charge in [-0.25, -0.2) is 4.98 Å². The molecule has 0 aliphatic rings. The molecule has 1 atom stereocenters. The second-order valence-corrected chi connectivity index (χ2v) is 4.05. The molecule has 1 aromatic carbocycles. The highest BCUT2D eigenvalue weighted by Crippen LogP contribution is 2.21. The molecule has 0 aliphatic heterocycles. The zero-order chi connectivity index (χ0) is 12.3. The summed E-state index contributed by atoms with van der Waals surface area (Å²) in [6.45, 7) is 1.90. The third kappa shape index (κ3) is 2.65. The third-order valence-electron chi connectivity index (χ3n) is 2.66. The fraction of sp³-hybridized carbons (Fsp3) is 0.308. The van der Waals surface area contributed by atoms with Crippen molar-refractivity contribution in [3.8, 4) is 5.75 Å². The second-order valence-electron chi connectivity index (χ2n) is 4.05. The van der Waals surface area contributed by atoms with Crippen LogP contribution < -0.4 is 0 Å². The number of phenols is 1. The van der Waals surface area contributed by atoms with Gasteiger partial charge in [-0.2, -0.15) is 0 Å². The number of aromatic hydroxyl groups is 1. The number of hydrogen-bond acceptors (Lipinski definition) is 4. The number of nitrogens with zero attached hydrogens (tertiary/aromatic N) is 1. The fourth-order valence-corrected chi connectivity index (χ4v) is 1.55. The monoisotopic (exact) mass is 233 g/mol. The second kappa shape index (κ2) is 5.01. The average molecular weight is 233 g/mol. The number of rotatable bonds is 4. The lowest BCUT2D eigenvalue weighted by Crippen LogP contribution is -1.96. The first-order valence-electron chi connectivity index (χ1n) is 5.53. The molecule has 0 fully saturated rings. The van der Waals surface area contributed by atoms with E-state index in [2.05, 4.69) is 4.98 Å². The van der Waals surface area contributed by atoms with Gasteiger partial charge in [0, 0.05) is 11.5 Å². The molecular formula is C13H15NO3. The smallest absolute Gasteiger partial charge is 0.198 e. The maximum atomic E-state index is 9.62. The average Bonchev–Trinajstić information content (AvgIpc) is 2.80. The van der Waals surface area contributed by atoms with Gasteiger partial charge in [0.05, 0.1) is 19.2 Å². The normalized spacial score (nSPS) is 12.6. The van der Waals surface area contributed by atoms with E-state index < -0.39 is 0 Å². The molecule has 0 radical (unpaired) electrons. The molecule has 4 nitrogen and oxygen atoms in total. The molecular weight excluding hydrogens is 218 g/mol. The summed E-state index contributed by atoms with van der Waals surface area (Å²) in [4.78, 5) is 4.13. The minimum absolute atomic E-state index is 0.0330. The van der Waals surface area contributed by atoms with Crippen LogP contribution in [0.15, 0.2) is 34.9 Å². The summed E-state index contributed by atoms with van der Waals surface area (Å²) in [6.07, 6.45) is 2.07. The van der Waals surface area contributed by atoms with Crippen LogP contribution in [0.3, 0.4) is 0 Å². The van der Waals surface area contributed by atoms with E-state index in [0.717, 1.165) is 5.56 Å². The standard InChI is InChI=1S/C13H15NO3/c1-9(8-15)12-7-14-13(17-12)6-10-4-2-3-5-11(10)16/h2-5,7,9,15-16H,6,8H2,1H3. The SMILES string of the molecule is CC(CO)c1cnc(Cc2ccccc2O)o1. The van der Waals surface area contributed by atoms with Gasteiger partial charge in [-0.15, -0.1) is 0 Å². The van der Waals surface area contributed by atoms with E-state index in [1.165, 1.54) is 0 Å². The van der Waals surface area contributed by atoms with Crippen molar-refractivity contribution < 1.29 is 14.6 Å². The Balaban J connectivity index is 2.14. The van der Waals surface area contributed by atoms with Crippen LogP contribution in [-0.4, -0.2) is 21.8 Å². The van der Waals surface area contributed by atoms with E-state index in [4.69, 9.17) is 9.52 Å². The van der Waals surface area contributed by atoms with Crippen LogP contribution in [-0.2, 0) is 6.42 Å². The van der Waals surface area contributed by atoms with Crippen molar-refractivity contribution >= 4 is 0 Å². The lowest BCUT2D eigenvalue weighted by molar-refractivity contribution is 0.255. The number of aromatic nitrogens is 1. The van der Waals surface area contributed by atoms with E-state index in [-0.39, 0.29) is 18.3 Å². The molecule has 0 spiro atoms. The van der Waals surface area contributed by atoms with Gasteiger partial charge in [-0.3, -0.25) is 0 Å². The maximum Gasteiger partial charge on any atom is 0.198 e. The molecule has 1 aromatic heterocycles. The van der Waals surface area contributed by atoms with Gasteiger partial charge >= 0.3 is 0 Å². The number of hydrogen-bond donors (Lipinski definition) is 2. The summed E-state index contributed by atoms with van der Waals surface area (Å²) in [7, 11) is 0. The molecule has 0 amide bonds. The molecule has 2 aromatic rings. The van der Waals surface area contributed by atoms with Crippen LogP contribution in [0.25, 0.3) is 0 Å². The maximum absolute atomic E-state index is 9.62. The zero-order valence-corrected chi connectivity index (χ0v) is 9.63. The molecule has 0 bridgehead atoms. The van der Waals surface area contributed by atoms with Crippen LogP contribution in [0.1, 0.15) is 30.1 Å². The summed E-state index contributed by atoms with van der Waals surface area (Å²) in [5, 5.41) is 18.6. The van der Waals surface area contributed by atoms with Gasteiger partial charge in [-0.05, 0) is 6.07 Å². The number of benzene rings is 1. The quantitative estimate of drug-likeness (QED) is 0.848. The largest absolute Gasteiger partial charge is 0.508 e. The highest BCUT2D eigenvalue weighted by Gasteiger charge is 2.12. The first kappa shape index (κ1) is 11.7. The molecule has 2 N–H and O–H groups in total. The predicted molar refractivity (Wildman–Crippen MR) is 62.9 cm³/mol. The molecule has 0 aliphatic carbocycles. The minimum atomic E-state index is -0.0550. The number of aliphatic hydroxyl groups excluding tert-OH is 1. The summed E-state index contributed by atoms with van der Waals surface area (Å²) in [5.74, 6) is 1.39. The third-order valence-corrected chi connectivity index (χ3v) is 2.66. The molecule has 17 heavy (non-hydrogen) atoms.